The van der Waals surface area contributed by atoms with Crippen molar-refractivity contribution in [2.24, 2.45) is 0 Å². The topological polar surface area (TPSA) is 37.5 Å². The molecule has 84 valence electrons. The van der Waals surface area contributed by atoms with Crippen molar-refractivity contribution in [3.8, 4) is 0 Å². The second-order valence-corrected chi connectivity index (χ2v) is 4.21. The minimum Gasteiger partial charge on any atom is -0.361 e. The van der Waals surface area contributed by atoms with Gasteiger partial charge in [-0.15, -0.1) is 0 Å². The van der Waals surface area contributed by atoms with E-state index in [0.29, 0.717) is 0 Å². The third kappa shape index (κ3) is 2.08. The third-order valence-corrected chi connectivity index (χ3v) is 3.11. The summed E-state index contributed by atoms with van der Waals surface area (Å²) in [5.74, 6) is 0. The Kier molecular flexibility index (Phi) is 2.84. The van der Waals surface area contributed by atoms with Crippen LogP contribution < -0.4 is 0 Å². The van der Waals surface area contributed by atoms with Crippen molar-refractivity contribution in [2.75, 3.05) is 6.54 Å². The van der Waals surface area contributed by atoms with Crippen LogP contribution in [0.4, 0.5) is 0 Å². The Labute approximate surface area is 97.8 Å². The Morgan fingerprint density at radius 2 is 2.19 bits per heavy atom. The van der Waals surface area contributed by atoms with Crippen LogP contribution in [0.25, 0.3) is 10.9 Å². The highest BCUT2D eigenvalue weighted by molar-refractivity contribution is 7.90. The predicted molar refractivity (Wildman–Crippen MR) is 63.1 cm³/mol. The number of fused-ring (bicyclic) bond motifs is 1. The average Bonchev–Trinajstić information content (AvgIpc) is 2.68. The van der Waals surface area contributed by atoms with Crippen LogP contribution in [0.5, 0.6) is 0 Å². The van der Waals surface area contributed by atoms with E-state index in [0.717, 1.165) is 31.7 Å². The highest BCUT2D eigenvalue weighted by Gasteiger charge is 2.17. The van der Waals surface area contributed by atoms with Gasteiger partial charge in [-0.25, -0.2) is 0 Å². The summed E-state index contributed by atoms with van der Waals surface area (Å²) >= 11 is 1.02. The van der Waals surface area contributed by atoms with Gasteiger partial charge in [-0.2, -0.15) is 8.57 Å². The fourth-order valence-electron chi connectivity index (χ4n) is 1.82. The lowest BCUT2D eigenvalue weighted by molar-refractivity contribution is -0.302. The first kappa shape index (κ1) is 10.2. The molecule has 1 N–H and O–H groups in total. The van der Waals surface area contributed by atoms with Crippen LogP contribution in [-0.4, -0.2) is 16.8 Å². The molecule has 0 saturated carbocycles. The first-order chi connectivity index (χ1) is 7.92. The molecule has 0 unspecified atom stereocenters. The van der Waals surface area contributed by atoms with Crippen molar-refractivity contribution in [1.29, 1.82) is 0 Å². The number of hydrogen-bond acceptors (Lipinski definition) is 4. The summed E-state index contributed by atoms with van der Waals surface area (Å²) in [5.41, 5.74) is 2.54. The molecule has 1 aliphatic heterocycles. The first-order valence-corrected chi connectivity index (χ1v) is 5.93. The van der Waals surface area contributed by atoms with Crippen LogP contribution >= 0.6 is 12.3 Å². The maximum absolute atomic E-state index is 4.95. The Morgan fingerprint density at radius 3 is 3.00 bits per heavy atom. The van der Waals surface area contributed by atoms with Crippen molar-refractivity contribution in [2.45, 2.75) is 12.8 Å². The lowest BCUT2D eigenvalue weighted by Gasteiger charge is -2.24. The fourth-order valence-corrected chi connectivity index (χ4v) is 2.11. The van der Waals surface area contributed by atoms with Crippen LogP contribution in [0.2, 0.25) is 0 Å². The molecule has 1 fully saturated rings. The molecular formula is C11H12N2O2S. The standard InChI is InChI=1S/C11H12N2O2S/c1(7-13-14-16-15-13)2-9-3-4-11-10(8-9)5-6-12-11/h3-6,8,12H,1-2,7H2. The number of aromatic nitrogens is 1. The number of nitrogens with zero attached hydrogens (tertiary/aromatic N) is 1. The van der Waals surface area contributed by atoms with Gasteiger partial charge in [0, 0.05) is 11.7 Å². The SMILES string of the molecule is c1cc2cc(CCCN3OSO3)ccc2[nH]1. The molecule has 5 heteroatoms. The lowest BCUT2D eigenvalue weighted by Crippen LogP contribution is -2.28. The van der Waals surface area contributed by atoms with E-state index in [9.17, 15) is 0 Å². The van der Waals surface area contributed by atoms with Gasteiger partial charge in [0.25, 0.3) is 0 Å². The van der Waals surface area contributed by atoms with Gasteiger partial charge in [-0.05, 0) is 47.2 Å². The molecule has 0 atom stereocenters. The zero-order valence-corrected chi connectivity index (χ0v) is 9.50. The molecular weight excluding hydrogens is 224 g/mol. The van der Waals surface area contributed by atoms with E-state index in [4.69, 9.17) is 8.57 Å². The molecule has 1 aliphatic rings. The zero-order valence-electron chi connectivity index (χ0n) is 8.68. The highest BCUT2D eigenvalue weighted by atomic mass is 32.2. The van der Waals surface area contributed by atoms with E-state index in [1.165, 1.54) is 21.7 Å². The molecule has 4 nitrogen and oxygen atoms in total. The van der Waals surface area contributed by atoms with Crippen LogP contribution in [-0.2, 0) is 15.0 Å². The highest BCUT2D eigenvalue weighted by Crippen LogP contribution is 2.23. The van der Waals surface area contributed by atoms with Gasteiger partial charge in [0.1, 0.15) is 0 Å². The van der Waals surface area contributed by atoms with Crippen LogP contribution in [0.3, 0.4) is 0 Å². The maximum atomic E-state index is 4.95. The van der Waals surface area contributed by atoms with Crippen molar-refractivity contribution in [3.05, 3.63) is 36.0 Å². The molecule has 0 spiro atoms. The molecule has 0 radical (unpaired) electrons. The van der Waals surface area contributed by atoms with E-state index in [1.807, 2.05) is 6.20 Å². The summed E-state index contributed by atoms with van der Waals surface area (Å²) < 4.78 is 9.90. The minimum atomic E-state index is 0.804. The number of hydrogen-bond donors (Lipinski definition) is 1. The summed E-state index contributed by atoms with van der Waals surface area (Å²) in [6, 6.07) is 8.60. The zero-order chi connectivity index (χ0) is 10.8. The fraction of sp³-hybridized carbons (Fsp3) is 0.273. The number of aryl methyl sites for hydroxylation is 1. The lowest BCUT2D eigenvalue weighted by atomic mass is 10.1. The van der Waals surface area contributed by atoms with Crippen molar-refractivity contribution in [3.63, 3.8) is 0 Å². The third-order valence-electron chi connectivity index (χ3n) is 2.65. The Balaban J connectivity index is 1.60. The quantitative estimate of drug-likeness (QED) is 0.828. The van der Waals surface area contributed by atoms with Crippen molar-refractivity contribution >= 4 is 23.2 Å². The average molecular weight is 236 g/mol. The van der Waals surface area contributed by atoms with E-state index in [2.05, 4.69) is 29.2 Å². The Hall–Kier alpha value is -1.01. The molecule has 1 aromatic carbocycles. The second-order valence-electron chi connectivity index (χ2n) is 3.78. The normalized spacial score (nSPS) is 16.5. The van der Waals surface area contributed by atoms with Gasteiger partial charge in [-0.3, -0.25) is 0 Å². The van der Waals surface area contributed by atoms with Gasteiger partial charge in [-0.1, -0.05) is 6.07 Å². The Morgan fingerprint density at radius 1 is 1.25 bits per heavy atom. The summed E-state index contributed by atoms with van der Waals surface area (Å²) in [6.07, 6.45) is 4.03. The van der Waals surface area contributed by atoms with E-state index < -0.39 is 0 Å². The van der Waals surface area contributed by atoms with Gasteiger partial charge in [0.05, 0.1) is 6.54 Å². The summed E-state index contributed by atoms with van der Waals surface area (Å²) in [7, 11) is 0. The number of H-pyrrole nitrogens is 1. The van der Waals surface area contributed by atoms with Crippen LogP contribution in [0.1, 0.15) is 12.0 Å². The molecule has 16 heavy (non-hydrogen) atoms. The first-order valence-electron chi connectivity index (χ1n) is 5.27. The molecule has 2 heterocycles. The molecule has 1 aromatic heterocycles. The molecule has 0 aliphatic carbocycles. The van der Waals surface area contributed by atoms with E-state index in [1.54, 1.807) is 0 Å². The second kappa shape index (κ2) is 4.47. The number of hydroxylamine groups is 2. The molecule has 0 bridgehead atoms. The number of rotatable bonds is 4. The number of aromatic amines is 1. The van der Waals surface area contributed by atoms with Gasteiger partial charge >= 0.3 is 0 Å². The van der Waals surface area contributed by atoms with Crippen molar-refractivity contribution in [1.82, 2.24) is 10.2 Å². The largest absolute Gasteiger partial charge is 0.361 e. The van der Waals surface area contributed by atoms with Gasteiger partial charge in [0.2, 0.25) is 12.3 Å². The molecule has 2 aromatic rings. The van der Waals surface area contributed by atoms with Gasteiger partial charge < -0.3 is 4.98 Å². The molecule has 3 rings (SSSR count). The van der Waals surface area contributed by atoms with Crippen LogP contribution in [0, 0.1) is 0 Å². The molecule has 1 saturated heterocycles. The van der Waals surface area contributed by atoms with E-state index >= 15 is 0 Å². The smallest absolute Gasteiger partial charge is 0.203 e. The summed E-state index contributed by atoms with van der Waals surface area (Å²) in [6.45, 7) is 0.804. The monoisotopic (exact) mass is 236 g/mol. The van der Waals surface area contributed by atoms with Gasteiger partial charge in [0.15, 0.2) is 0 Å². The minimum absolute atomic E-state index is 0.804. The maximum Gasteiger partial charge on any atom is 0.203 e. The predicted octanol–water partition coefficient (Wildman–Crippen LogP) is 2.84. The van der Waals surface area contributed by atoms with Crippen molar-refractivity contribution < 1.29 is 8.57 Å². The Bertz CT molecular complexity index is 482. The number of nitrogens with one attached hydrogen (secondary N) is 1. The number of benzene rings is 1. The van der Waals surface area contributed by atoms with E-state index in [-0.39, 0.29) is 0 Å². The summed E-state index contributed by atoms with van der Waals surface area (Å²) in [4.78, 5) is 3.19. The van der Waals surface area contributed by atoms with Crippen LogP contribution in [0.15, 0.2) is 30.5 Å². The molecule has 0 amide bonds. The summed E-state index contributed by atoms with van der Waals surface area (Å²) in [5, 5.41) is 2.77.